The Morgan fingerprint density at radius 3 is 3.18 bits per heavy atom. The zero-order chi connectivity index (χ0) is 12.1. The first kappa shape index (κ1) is 12.0. The maximum absolute atomic E-state index is 11.9. The van der Waals surface area contributed by atoms with Crippen LogP contribution in [-0.2, 0) is 11.3 Å². The fourth-order valence-electron chi connectivity index (χ4n) is 2.06. The van der Waals surface area contributed by atoms with E-state index in [4.69, 9.17) is 0 Å². The van der Waals surface area contributed by atoms with E-state index in [9.17, 15) is 4.79 Å². The van der Waals surface area contributed by atoms with Crippen LogP contribution in [0, 0.1) is 6.92 Å². The zero-order valence-corrected chi connectivity index (χ0v) is 10.2. The molecule has 1 unspecified atom stereocenters. The van der Waals surface area contributed by atoms with Crippen LogP contribution in [0.4, 0.5) is 0 Å². The Balaban J connectivity index is 1.85. The summed E-state index contributed by atoms with van der Waals surface area (Å²) in [5.41, 5.74) is 2.24. The molecule has 1 atom stereocenters. The van der Waals surface area contributed by atoms with Crippen molar-refractivity contribution in [2.24, 2.45) is 0 Å². The van der Waals surface area contributed by atoms with E-state index in [1.54, 1.807) is 6.20 Å². The Kier molecular flexibility index (Phi) is 4.09. The lowest BCUT2D eigenvalue weighted by Gasteiger charge is -2.22. The number of hydrogen-bond donors (Lipinski definition) is 2. The Morgan fingerprint density at radius 1 is 1.59 bits per heavy atom. The molecule has 4 nitrogen and oxygen atoms in total. The number of carbonyl (C=O) groups excluding carboxylic acids is 1. The number of rotatable bonds is 3. The summed E-state index contributed by atoms with van der Waals surface area (Å²) in [7, 11) is 0. The normalized spacial score (nSPS) is 19.9. The van der Waals surface area contributed by atoms with Crippen molar-refractivity contribution in [3.63, 3.8) is 0 Å². The maximum Gasteiger partial charge on any atom is 0.237 e. The molecule has 1 aliphatic heterocycles. The van der Waals surface area contributed by atoms with Gasteiger partial charge in [-0.25, -0.2) is 0 Å². The summed E-state index contributed by atoms with van der Waals surface area (Å²) in [4.78, 5) is 16.0. The first-order valence-electron chi connectivity index (χ1n) is 6.18. The molecule has 4 heteroatoms. The standard InChI is InChI=1S/C13H19N3O/c1-10-5-7-14-8-11(10)9-16-13(17)12-4-2-3-6-15-12/h5,7-8,12,15H,2-4,6,9H2,1H3,(H,16,17). The number of nitrogens with one attached hydrogen (secondary N) is 2. The summed E-state index contributed by atoms with van der Waals surface area (Å²) < 4.78 is 0. The number of carbonyl (C=O) groups is 1. The van der Waals surface area contributed by atoms with Gasteiger partial charge in [0, 0.05) is 18.9 Å². The third-order valence-electron chi connectivity index (χ3n) is 3.23. The summed E-state index contributed by atoms with van der Waals surface area (Å²) in [5, 5.41) is 6.21. The summed E-state index contributed by atoms with van der Waals surface area (Å²) in [6, 6.07) is 1.95. The highest BCUT2D eigenvalue weighted by molar-refractivity contribution is 5.81. The lowest BCUT2D eigenvalue weighted by Crippen LogP contribution is -2.46. The molecule has 17 heavy (non-hydrogen) atoms. The molecule has 1 aromatic heterocycles. The molecule has 1 aromatic rings. The SMILES string of the molecule is Cc1ccncc1CNC(=O)C1CCCCN1. The minimum atomic E-state index is -0.0132. The molecule has 2 rings (SSSR count). The number of amides is 1. The average Bonchev–Trinajstić information content (AvgIpc) is 2.38. The van der Waals surface area contributed by atoms with E-state index in [0.717, 1.165) is 30.5 Å². The predicted molar refractivity (Wildman–Crippen MR) is 66.5 cm³/mol. The Morgan fingerprint density at radius 2 is 2.47 bits per heavy atom. The summed E-state index contributed by atoms with van der Waals surface area (Å²) in [6.07, 6.45) is 6.83. The molecule has 1 saturated heterocycles. The van der Waals surface area contributed by atoms with E-state index in [2.05, 4.69) is 15.6 Å². The maximum atomic E-state index is 11.9. The molecule has 2 heterocycles. The van der Waals surface area contributed by atoms with Crippen LogP contribution in [-0.4, -0.2) is 23.5 Å². The first-order valence-corrected chi connectivity index (χ1v) is 6.18. The van der Waals surface area contributed by atoms with Crippen LogP contribution in [0.25, 0.3) is 0 Å². The van der Waals surface area contributed by atoms with E-state index in [0.29, 0.717) is 6.54 Å². The van der Waals surface area contributed by atoms with E-state index in [1.807, 2.05) is 19.2 Å². The molecule has 2 N–H and O–H groups in total. The van der Waals surface area contributed by atoms with Crippen molar-refractivity contribution in [3.8, 4) is 0 Å². The van der Waals surface area contributed by atoms with Gasteiger partial charge in [-0.3, -0.25) is 9.78 Å². The van der Waals surface area contributed by atoms with Gasteiger partial charge >= 0.3 is 0 Å². The number of hydrogen-bond acceptors (Lipinski definition) is 3. The van der Waals surface area contributed by atoms with E-state index >= 15 is 0 Å². The van der Waals surface area contributed by atoms with Crippen molar-refractivity contribution in [3.05, 3.63) is 29.6 Å². The fraction of sp³-hybridized carbons (Fsp3) is 0.538. The third-order valence-corrected chi connectivity index (χ3v) is 3.23. The van der Waals surface area contributed by atoms with Crippen molar-refractivity contribution < 1.29 is 4.79 Å². The van der Waals surface area contributed by atoms with Crippen molar-refractivity contribution in [1.29, 1.82) is 0 Å². The van der Waals surface area contributed by atoms with Gasteiger partial charge in [0.1, 0.15) is 0 Å². The monoisotopic (exact) mass is 233 g/mol. The number of nitrogens with zero attached hydrogens (tertiary/aromatic N) is 1. The molecule has 0 bridgehead atoms. The third kappa shape index (κ3) is 3.27. The van der Waals surface area contributed by atoms with Gasteiger partial charge in [-0.2, -0.15) is 0 Å². The van der Waals surface area contributed by atoms with Crippen LogP contribution in [0.15, 0.2) is 18.5 Å². The molecule has 1 aliphatic rings. The topological polar surface area (TPSA) is 54.0 Å². The van der Waals surface area contributed by atoms with Gasteiger partial charge < -0.3 is 10.6 Å². The highest BCUT2D eigenvalue weighted by atomic mass is 16.2. The van der Waals surface area contributed by atoms with Gasteiger partial charge in [-0.1, -0.05) is 6.42 Å². The molecule has 1 fully saturated rings. The quantitative estimate of drug-likeness (QED) is 0.823. The molecule has 0 radical (unpaired) electrons. The van der Waals surface area contributed by atoms with Crippen LogP contribution in [0.2, 0.25) is 0 Å². The van der Waals surface area contributed by atoms with Crippen molar-refractivity contribution >= 4 is 5.91 Å². The predicted octanol–water partition coefficient (Wildman–Crippen LogP) is 1.15. The Labute approximate surface area is 102 Å². The minimum absolute atomic E-state index is 0.0132. The smallest absolute Gasteiger partial charge is 0.237 e. The second-order valence-corrected chi connectivity index (χ2v) is 4.52. The summed E-state index contributed by atoms with van der Waals surface area (Å²) in [6.45, 7) is 3.54. The molecule has 0 spiro atoms. The largest absolute Gasteiger partial charge is 0.351 e. The molecule has 1 amide bonds. The zero-order valence-electron chi connectivity index (χ0n) is 10.2. The van der Waals surface area contributed by atoms with Gasteiger partial charge in [0.15, 0.2) is 0 Å². The van der Waals surface area contributed by atoms with Gasteiger partial charge in [-0.15, -0.1) is 0 Å². The van der Waals surface area contributed by atoms with E-state index in [-0.39, 0.29) is 11.9 Å². The van der Waals surface area contributed by atoms with Crippen molar-refractivity contribution in [1.82, 2.24) is 15.6 Å². The Hall–Kier alpha value is -1.42. The second kappa shape index (κ2) is 5.77. The molecular formula is C13H19N3O. The van der Waals surface area contributed by atoms with Gasteiger partial charge in [-0.05, 0) is 43.5 Å². The van der Waals surface area contributed by atoms with E-state index in [1.165, 1.54) is 6.42 Å². The molecule has 0 saturated carbocycles. The molecule has 0 aliphatic carbocycles. The van der Waals surface area contributed by atoms with Gasteiger partial charge in [0.2, 0.25) is 5.91 Å². The van der Waals surface area contributed by atoms with Crippen molar-refractivity contribution in [2.45, 2.75) is 38.8 Å². The lowest BCUT2D eigenvalue weighted by molar-refractivity contribution is -0.123. The summed E-state index contributed by atoms with van der Waals surface area (Å²) >= 11 is 0. The minimum Gasteiger partial charge on any atom is -0.351 e. The van der Waals surface area contributed by atoms with Gasteiger partial charge in [0.25, 0.3) is 0 Å². The van der Waals surface area contributed by atoms with Crippen LogP contribution in [0.1, 0.15) is 30.4 Å². The van der Waals surface area contributed by atoms with Crippen LogP contribution < -0.4 is 10.6 Å². The number of aromatic nitrogens is 1. The Bertz CT molecular complexity index is 386. The van der Waals surface area contributed by atoms with E-state index < -0.39 is 0 Å². The van der Waals surface area contributed by atoms with Crippen LogP contribution in [0.3, 0.4) is 0 Å². The fourth-order valence-corrected chi connectivity index (χ4v) is 2.06. The molecule has 92 valence electrons. The number of aryl methyl sites for hydroxylation is 1. The van der Waals surface area contributed by atoms with Crippen LogP contribution in [0.5, 0.6) is 0 Å². The first-order chi connectivity index (χ1) is 8.27. The average molecular weight is 233 g/mol. The molecule has 0 aromatic carbocycles. The highest BCUT2D eigenvalue weighted by Gasteiger charge is 2.19. The van der Waals surface area contributed by atoms with Crippen LogP contribution >= 0.6 is 0 Å². The second-order valence-electron chi connectivity index (χ2n) is 4.52. The lowest BCUT2D eigenvalue weighted by atomic mass is 10.0. The highest BCUT2D eigenvalue weighted by Crippen LogP contribution is 2.08. The number of pyridine rings is 1. The van der Waals surface area contributed by atoms with Gasteiger partial charge in [0.05, 0.1) is 6.04 Å². The number of piperidine rings is 1. The molecular weight excluding hydrogens is 214 g/mol. The van der Waals surface area contributed by atoms with Crippen molar-refractivity contribution in [2.75, 3.05) is 6.54 Å². The summed E-state index contributed by atoms with van der Waals surface area (Å²) in [5.74, 6) is 0.105.